The molecule has 1 heterocycles. The monoisotopic (exact) mass is 268 g/mol. The van der Waals surface area contributed by atoms with Gasteiger partial charge < -0.3 is 10.4 Å². The quantitative estimate of drug-likeness (QED) is 0.739. The van der Waals surface area contributed by atoms with E-state index in [-0.39, 0.29) is 18.6 Å². The summed E-state index contributed by atoms with van der Waals surface area (Å²) in [6, 6.07) is 3.80. The van der Waals surface area contributed by atoms with Crippen LogP contribution in [0.5, 0.6) is 0 Å². The molecule has 1 aromatic heterocycles. The van der Waals surface area contributed by atoms with E-state index in [9.17, 15) is 4.79 Å². The Morgan fingerprint density at radius 1 is 1.44 bits per heavy atom. The summed E-state index contributed by atoms with van der Waals surface area (Å²) in [7, 11) is 0. The summed E-state index contributed by atoms with van der Waals surface area (Å²) in [5.74, 6) is 0.717. The smallest absolute Gasteiger partial charge is 0.230 e. The molecule has 0 aliphatic heterocycles. The van der Waals surface area contributed by atoms with Gasteiger partial charge >= 0.3 is 0 Å². The first-order valence-corrected chi connectivity index (χ1v) is 7.05. The molecule has 0 aliphatic carbocycles. The second kappa shape index (κ2) is 8.11. The first-order chi connectivity index (χ1) is 8.63. The summed E-state index contributed by atoms with van der Waals surface area (Å²) in [6.45, 7) is 4.17. The van der Waals surface area contributed by atoms with Gasteiger partial charge in [-0.15, -0.1) is 11.8 Å². The van der Waals surface area contributed by atoms with Crippen LogP contribution in [0.1, 0.15) is 20.3 Å². The lowest BCUT2D eigenvalue weighted by atomic mass is 10.0. The van der Waals surface area contributed by atoms with Crippen molar-refractivity contribution in [2.45, 2.75) is 31.2 Å². The molecule has 0 saturated carbocycles. The Kier molecular flexibility index (Phi) is 6.75. The van der Waals surface area contributed by atoms with E-state index in [1.807, 2.05) is 26.0 Å². The number of carbonyl (C=O) groups excluding carboxylic acids is 1. The third-order valence-corrected chi connectivity index (χ3v) is 3.62. The van der Waals surface area contributed by atoms with Gasteiger partial charge in [-0.2, -0.15) is 0 Å². The lowest BCUT2D eigenvalue weighted by molar-refractivity contribution is -0.119. The van der Waals surface area contributed by atoms with Crippen LogP contribution in [0.2, 0.25) is 0 Å². The number of thioether (sulfide) groups is 1. The van der Waals surface area contributed by atoms with Crippen LogP contribution in [0.25, 0.3) is 0 Å². The number of pyridine rings is 1. The zero-order valence-electron chi connectivity index (χ0n) is 10.8. The first-order valence-electron chi connectivity index (χ1n) is 6.06. The molecule has 0 fully saturated rings. The fourth-order valence-electron chi connectivity index (χ4n) is 1.54. The van der Waals surface area contributed by atoms with Crippen molar-refractivity contribution in [3.8, 4) is 0 Å². The van der Waals surface area contributed by atoms with Crippen molar-refractivity contribution in [2.24, 2.45) is 5.92 Å². The second-order valence-electron chi connectivity index (χ2n) is 4.40. The maximum Gasteiger partial charge on any atom is 0.230 e. The second-order valence-corrected chi connectivity index (χ2v) is 5.45. The molecular weight excluding hydrogens is 248 g/mol. The van der Waals surface area contributed by atoms with Gasteiger partial charge in [0.2, 0.25) is 5.91 Å². The number of carbonyl (C=O) groups is 1. The van der Waals surface area contributed by atoms with Gasteiger partial charge in [-0.3, -0.25) is 9.78 Å². The van der Waals surface area contributed by atoms with Crippen molar-refractivity contribution < 1.29 is 9.90 Å². The molecule has 1 rings (SSSR count). The minimum absolute atomic E-state index is 0.00367. The Morgan fingerprint density at radius 2 is 2.11 bits per heavy atom. The lowest BCUT2D eigenvalue weighted by Gasteiger charge is -2.21. The SMILES string of the molecule is CC(C)C(CCO)NC(=O)CSc1ccncc1. The van der Waals surface area contributed by atoms with Gasteiger partial charge in [-0.25, -0.2) is 0 Å². The molecule has 100 valence electrons. The number of aliphatic hydroxyl groups is 1. The molecule has 4 nitrogen and oxygen atoms in total. The van der Waals surface area contributed by atoms with Crippen molar-refractivity contribution in [2.75, 3.05) is 12.4 Å². The molecule has 0 aromatic carbocycles. The highest BCUT2D eigenvalue weighted by molar-refractivity contribution is 8.00. The molecule has 0 spiro atoms. The summed E-state index contributed by atoms with van der Waals surface area (Å²) >= 11 is 1.49. The van der Waals surface area contributed by atoms with Crippen LogP contribution in [0, 0.1) is 5.92 Å². The van der Waals surface area contributed by atoms with Gasteiger partial charge in [0.05, 0.1) is 5.75 Å². The molecular formula is C13H20N2O2S. The Morgan fingerprint density at radius 3 is 2.67 bits per heavy atom. The maximum atomic E-state index is 11.8. The van der Waals surface area contributed by atoms with E-state index in [1.165, 1.54) is 11.8 Å². The molecule has 1 unspecified atom stereocenters. The van der Waals surface area contributed by atoms with Crippen LogP contribution in [0.4, 0.5) is 0 Å². The number of aliphatic hydroxyl groups excluding tert-OH is 1. The minimum atomic E-state index is 0.00367. The van der Waals surface area contributed by atoms with E-state index >= 15 is 0 Å². The number of hydrogen-bond donors (Lipinski definition) is 2. The molecule has 1 amide bonds. The summed E-state index contributed by atoms with van der Waals surface area (Å²) in [4.78, 5) is 16.7. The van der Waals surface area contributed by atoms with E-state index in [2.05, 4.69) is 10.3 Å². The maximum absolute atomic E-state index is 11.8. The van der Waals surface area contributed by atoms with Crippen molar-refractivity contribution in [1.82, 2.24) is 10.3 Å². The molecule has 18 heavy (non-hydrogen) atoms. The number of aromatic nitrogens is 1. The number of nitrogens with one attached hydrogen (secondary N) is 1. The minimum Gasteiger partial charge on any atom is -0.396 e. The van der Waals surface area contributed by atoms with Crippen LogP contribution in [0.15, 0.2) is 29.4 Å². The summed E-state index contributed by atoms with van der Waals surface area (Å²) < 4.78 is 0. The number of hydrogen-bond acceptors (Lipinski definition) is 4. The Balaban J connectivity index is 2.36. The lowest BCUT2D eigenvalue weighted by Crippen LogP contribution is -2.40. The van der Waals surface area contributed by atoms with Crippen LogP contribution >= 0.6 is 11.8 Å². The molecule has 0 saturated heterocycles. The van der Waals surface area contributed by atoms with Crippen LogP contribution < -0.4 is 5.32 Å². The molecule has 1 atom stereocenters. The van der Waals surface area contributed by atoms with Gasteiger partial charge in [-0.05, 0) is 24.5 Å². The Bertz CT molecular complexity index is 357. The average Bonchev–Trinajstić information content (AvgIpc) is 2.37. The van der Waals surface area contributed by atoms with Gasteiger partial charge in [0.1, 0.15) is 0 Å². The number of nitrogens with zero attached hydrogens (tertiary/aromatic N) is 1. The highest BCUT2D eigenvalue weighted by Crippen LogP contribution is 2.16. The summed E-state index contributed by atoms with van der Waals surface area (Å²) in [6.07, 6.45) is 4.02. The standard InChI is InChI=1S/C13H20N2O2S/c1-10(2)12(5-8-16)15-13(17)9-18-11-3-6-14-7-4-11/h3-4,6-7,10,12,16H,5,8-9H2,1-2H3,(H,15,17). The van der Waals surface area contributed by atoms with Crippen molar-refractivity contribution in [3.63, 3.8) is 0 Å². The predicted octanol–water partition coefficient (Wildman–Crippen LogP) is 1.70. The van der Waals surface area contributed by atoms with Crippen molar-refractivity contribution in [3.05, 3.63) is 24.5 Å². The van der Waals surface area contributed by atoms with Gasteiger partial charge in [0.25, 0.3) is 0 Å². The fourth-order valence-corrected chi connectivity index (χ4v) is 2.24. The predicted molar refractivity (Wildman–Crippen MR) is 73.4 cm³/mol. The Labute approximate surface area is 112 Å². The largest absolute Gasteiger partial charge is 0.396 e. The highest BCUT2D eigenvalue weighted by atomic mass is 32.2. The molecule has 0 bridgehead atoms. The van der Waals surface area contributed by atoms with Gasteiger partial charge in [0, 0.05) is 29.9 Å². The zero-order chi connectivity index (χ0) is 13.4. The molecule has 2 N–H and O–H groups in total. The molecule has 5 heteroatoms. The van der Waals surface area contributed by atoms with E-state index in [0.29, 0.717) is 18.1 Å². The van der Waals surface area contributed by atoms with E-state index < -0.39 is 0 Å². The average molecular weight is 268 g/mol. The van der Waals surface area contributed by atoms with Crippen LogP contribution in [0.3, 0.4) is 0 Å². The fraction of sp³-hybridized carbons (Fsp3) is 0.538. The number of amides is 1. The first kappa shape index (κ1) is 15.0. The molecule has 0 aliphatic rings. The molecule has 0 radical (unpaired) electrons. The van der Waals surface area contributed by atoms with E-state index in [4.69, 9.17) is 5.11 Å². The van der Waals surface area contributed by atoms with Gasteiger partial charge in [0.15, 0.2) is 0 Å². The highest BCUT2D eigenvalue weighted by Gasteiger charge is 2.15. The summed E-state index contributed by atoms with van der Waals surface area (Å²) in [5.41, 5.74) is 0. The Hall–Kier alpha value is -1.07. The van der Waals surface area contributed by atoms with Gasteiger partial charge in [-0.1, -0.05) is 13.8 Å². The molecule has 1 aromatic rings. The summed E-state index contributed by atoms with van der Waals surface area (Å²) in [5, 5.41) is 11.9. The van der Waals surface area contributed by atoms with Crippen LogP contribution in [-0.2, 0) is 4.79 Å². The van der Waals surface area contributed by atoms with E-state index in [1.54, 1.807) is 12.4 Å². The normalized spacial score (nSPS) is 12.4. The number of rotatable bonds is 7. The van der Waals surface area contributed by atoms with Crippen molar-refractivity contribution in [1.29, 1.82) is 0 Å². The third kappa shape index (κ3) is 5.51. The van der Waals surface area contributed by atoms with E-state index in [0.717, 1.165) is 4.90 Å². The van der Waals surface area contributed by atoms with Crippen LogP contribution in [-0.4, -0.2) is 34.4 Å². The van der Waals surface area contributed by atoms with Crippen molar-refractivity contribution >= 4 is 17.7 Å². The zero-order valence-corrected chi connectivity index (χ0v) is 11.6. The third-order valence-electron chi connectivity index (χ3n) is 2.61. The topological polar surface area (TPSA) is 62.2 Å².